The van der Waals surface area contributed by atoms with Crippen molar-refractivity contribution in [3.63, 3.8) is 0 Å². The minimum atomic E-state index is 0.210. The molecule has 0 spiro atoms. The van der Waals surface area contributed by atoms with E-state index in [4.69, 9.17) is 0 Å². The fourth-order valence-corrected chi connectivity index (χ4v) is 3.27. The first-order valence-corrected chi connectivity index (χ1v) is 8.56. The van der Waals surface area contributed by atoms with Gasteiger partial charge in [0.2, 0.25) is 0 Å². The van der Waals surface area contributed by atoms with Crippen molar-refractivity contribution in [1.29, 1.82) is 0 Å². The summed E-state index contributed by atoms with van der Waals surface area (Å²) in [6.07, 6.45) is 3.42. The summed E-state index contributed by atoms with van der Waals surface area (Å²) in [6.45, 7) is 4.13. The van der Waals surface area contributed by atoms with E-state index in [0.717, 1.165) is 27.8 Å². The van der Waals surface area contributed by atoms with Gasteiger partial charge in [0.25, 0.3) is 0 Å². The van der Waals surface area contributed by atoms with Gasteiger partial charge >= 0.3 is 0 Å². The molecule has 0 radical (unpaired) electrons. The Hall–Kier alpha value is -3.74. The van der Waals surface area contributed by atoms with Gasteiger partial charge in [0, 0.05) is 5.56 Å². The van der Waals surface area contributed by atoms with Crippen molar-refractivity contribution in [2.24, 2.45) is 0 Å². The lowest BCUT2D eigenvalue weighted by atomic mass is 10.1. The Morgan fingerprint density at radius 2 is 1.78 bits per heavy atom. The standard InChI is InChI=1S/C20H16N6O/c1-12-3-8-17(13(2)9-12)26-19-16(10-22-26)20-23-18(24-25(20)11-21-19)14-4-6-15(27)7-5-14/h3-11,27H,1-2H3. The number of aryl methyl sites for hydroxylation is 2. The third-order valence-corrected chi connectivity index (χ3v) is 4.61. The van der Waals surface area contributed by atoms with Gasteiger partial charge in [-0.25, -0.2) is 19.2 Å². The Morgan fingerprint density at radius 3 is 2.56 bits per heavy atom. The highest BCUT2D eigenvalue weighted by Gasteiger charge is 2.15. The van der Waals surface area contributed by atoms with Crippen LogP contribution in [0.2, 0.25) is 0 Å². The first-order valence-electron chi connectivity index (χ1n) is 8.56. The molecule has 132 valence electrons. The molecule has 7 heteroatoms. The molecule has 0 fully saturated rings. The number of nitrogens with zero attached hydrogens (tertiary/aromatic N) is 6. The molecule has 0 unspecified atom stereocenters. The van der Waals surface area contributed by atoms with Crippen LogP contribution in [-0.2, 0) is 0 Å². The monoisotopic (exact) mass is 356 g/mol. The third-order valence-electron chi connectivity index (χ3n) is 4.61. The summed E-state index contributed by atoms with van der Waals surface area (Å²) in [7, 11) is 0. The fourth-order valence-electron chi connectivity index (χ4n) is 3.27. The zero-order valence-electron chi connectivity index (χ0n) is 14.8. The van der Waals surface area contributed by atoms with Gasteiger partial charge in [-0.1, -0.05) is 17.7 Å². The molecule has 5 rings (SSSR count). The van der Waals surface area contributed by atoms with Crippen molar-refractivity contribution in [3.05, 3.63) is 66.1 Å². The lowest BCUT2D eigenvalue weighted by Gasteiger charge is -2.07. The van der Waals surface area contributed by atoms with Crippen LogP contribution in [-0.4, -0.2) is 34.5 Å². The van der Waals surface area contributed by atoms with E-state index in [2.05, 4.69) is 52.2 Å². The van der Waals surface area contributed by atoms with Crippen LogP contribution < -0.4 is 0 Å². The molecule has 0 amide bonds. The summed E-state index contributed by atoms with van der Waals surface area (Å²) in [5.41, 5.74) is 5.59. The maximum Gasteiger partial charge on any atom is 0.182 e. The SMILES string of the molecule is Cc1ccc(-n2ncc3c2ncn2nc(-c4ccc(O)cc4)nc32)c(C)c1. The number of hydrogen-bond donors (Lipinski definition) is 1. The highest BCUT2D eigenvalue weighted by molar-refractivity contribution is 5.90. The van der Waals surface area contributed by atoms with Gasteiger partial charge < -0.3 is 5.11 Å². The lowest BCUT2D eigenvalue weighted by Crippen LogP contribution is -2.01. The van der Waals surface area contributed by atoms with Gasteiger partial charge in [-0.2, -0.15) is 5.10 Å². The van der Waals surface area contributed by atoms with Crippen molar-refractivity contribution in [1.82, 2.24) is 29.4 Å². The molecule has 2 aromatic carbocycles. The van der Waals surface area contributed by atoms with E-state index >= 15 is 0 Å². The zero-order chi connectivity index (χ0) is 18.5. The highest BCUT2D eigenvalue weighted by Crippen LogP contribution is 2.25. The van der Waals surface area contributed by atoms with Crippen molar-refractivity contribution >= 4 is 16.7 Å². The smallest absolute Gasteiger partial charge is 0.182 e. The van der Waals surface area contributed by atoms with Crippen molar-refractivity contribution in [2.75, 3.05) is 0 Å². The first kappa shape index (κ1) is 15.5. The summed E-state index contributed by atoms with van der Waals surface area (Å²) >= 11 is 0. The number of rotatable bonds is 2. The maximum absolute atomic E-state index is 9.47. The number of phenols is 1. The summed E-state index contributed by atoms with van der Waals surface area (Å²) < 4.78 is 3.48. The molecule has 1 N–H and O–H groups in total. The molecule has 0 aliphatic heterocycles. The van der Waals surface area contributed by atoms with Crippen LogP contribution in [0.3, 0.4) is 0 Å². The summed E-state index contributed by atoms with van der Waals surface area (Å²) in [6, 6.07) is 13.0. The topological polar surface area (TPSA) is 81.1 Å². The van der Waals surface area contributed by atoms with Crippen LogP contribution in [0.25, 0.3) is 33.8 Å². The van der Waals surface area contributed by atoms with E-state index in [1.54, 1.807) is 41.3 Å². The van der Waals surface area contributed by atoms with E-state index in [0.29, 0.717) is 11.5 Å². The van der Waals surface area contributed by atoms with E-state index in [-0.39, 0.29) is 5.75 Å². The van der Waals surface area contributed by atoms with Gasteiger partial charge in [0.1, 0.15) is 12.1 Å². The van der Waals surface area contributed by atoms with Gasteiger partial charge in [-0.15, -0.1) is 5.10 Å². The van der Waals surface area contributed by atoms with Crippen LogP contribution in [0.15, 0.2) is 55.0 Å². The minimum absolute atomic E-state index is 0.210. The molecule has 7 nitrogen and oxygen atoms in total. The van der Waals surface area contributed by atoms with E-state index in [1.807, 2.05) is 4.68 Å². The van der Waals surface area contributed by atoms with Crippen LogP contribution in [0, 0.1) is 13.8 Å². The number of phenolic OH excluding ortho intramolecular Hbond substituents is 1. The summed E-state index contributed by atoms with van der Waals surface area (Å²) in [5, 5.41) is 19.3. The molecule has 0 bridgehead atoms. The van der Waals surface area contributed by atoms with Crippen molar-refractivity contribution < 1.29 is 5.11 Å². The quantitative estimate of drug-likeness (QED) is 0.524. The second-order valence-electron chi connectivity index (χ2n) is 6.58. The Bertz CT molecular complexity index is 1300. The van der Waals surface area contributed by atoms with E-state index in [9.17, 15) is 5.11 Å². The van der Waals surface area contributed by atoms with Gasteiger partial charge in [-0.05, 0) is 49.7 Å². The Kier molecular flexibility index (Phi) is 3.24. The number of hydrogen-bond acceptors (Lipinski definition) is 5. The van der Waals surface area contributed by atoms with Crippen LogP contribution in [0.5, 0.6) is 5.75 Å². The molecule has 3 heterocycles. The average molecular weight is 356 g/mol. The van der Waals surface area contributed by atoms with Gasteiger partial charge in [0.05, 0.1) is 17.3 Å². The second kappa shape index (κ2) is 5.63. The fraction of sp³-hybridized carbons (Fsp3) is 0.100. The predicted octanol–water partition coefficient (Wildman–Crippen LogP) is 3.45. The molecule has 0 aliphatic rings. The molecule has 0 saturated carbocycles. The van der Waals surface area contributed by atoms with Crippen molar-refractivity contribution in [2.45, 2.75) is 13.8 Å². The number of benzene rings is 2. The maximum atomic E-state index is 9.47. The molecule has 0 atom stereocenters. The Morgan fingerprint density at radius 1 is 0.963 bits per heavy atom. The molecule has 5 aromatic rings. The zero-order valence-corrected chi connectivity index (χ0v) is 14.8. The summed E-state index contributed by atoms with van der Waals surface area (Å²) in [5.74, 6) is 0.782. The van der Waals surface area contributed by atoms with Crippen LogP contribution >= 0.6 is 0 Å². The molecule has 3 aromatic heterocycles. The van der Waals surface area contributed by atoms with Crippen LogP contribution in [0.4, 0.5) is 0 Å². The number of aromatic hydroxyl groups is 1. The first-order chi connectivity index (χ1) is 13.1. The van der Waals surface area contributed by atoms with Crippen LogP contribution in [0.1, 0.15) is 11.1 Å². The third kappa shape index (κ3) is 2.43. The number of fused-ring (bicyclic) bond motifs is 3. The molecular formula is C20H16N6O. The highest BCUT2D eigenvalue weighted by atomic mass is 16.3. The van der Waals surface area contributed by atoms with Gasteiger partial charge in [-0.3, -0.25) is 0 Å². The van der Waals surface area contributed by atoms with E-state index < -0.39 is 0 Å². The van der Waals surface area contributed by atoms with Crippen molar-refractivity contribution in [3.8, 4) is 22.8 Å². The number of aromatic nitrogens is 6. The molecule has 27 heavy (non-hydrogen) atoms. The lowest BCUT2D eigenvalue weighted by molar-refractivity contribution is 0.475. The van der Waals surface area contributed by atoms with E-state index in [1.165, 1.54) is 5.56 Å². The molecular weight excluding hydrogens is 340 g/mol. The Labute approximate surface area is 154 Å². The molecule has 0 saturated heterocycles. The average Bonchev–Trinajstić information content (AvgIpc) is 3.26. The normalized spacial score (nSPS) is 11.5. The second-order valence-corrected chi connectivity index (χ2v) is 6.58. The minimum Gasteiger partial charge on any atom is -0.508 e. The summed E-state index contributed by atoms with van der Waals surface area (Å²) in [4.78, 5) is 9.21. The largest absolute Gasteiger partial charge is 0.508 e. The van der Waals surface area contributed by atoms with Gasteiger partial charge in [0.15, 0.2) is 17.1 Å². The molecule has 0 aliphatic carbocycles. The Balaban J connectivity index is 1.70. The predicted molar refractivity (Wildman–Crippen MR) is 102 cm³/mol.